The highest BCUT2D eigenvalue weighted by Crippen LogP contribution is 2.35. The first-order valence-corrected chi connectivity index (χ1v) is 11.9. The number of alkyl halides is 3. The van der Waals surface area contributed by atoms with E-state index in [0.29, 0.717) is 16.4 Å². The Morgan fingerprint density at radius 3 is 2.59 bits per heavy atom. The molecule has 0 bridgehead atoms. The number of carbonyl (C=O) groups excluding carboxylic acids is 2. The molecule has 0 radical (unpaired) electrons. The maximum atomic E-state index is 13.1. The Labute approximate surface area is 203 Å². The van der Waals surface area contributed by atoms with Gasteiger partial charge in [0.25, 0.3) is 5.91 Å². The standard InChI is InChI=1S/C25H21ClF3NO3S/c1-14-7-10-20-16(11-14)12-21(34-20)24(32)33-22(15-5-3-2-4-6-15)23(31)30-19-13-17(25(27,28)29)8-9-18(19)26/h2-6,8-9,12-14,22H,7,10-11H2,1H3,(H,30,31)/t14-,22-/m0/s1. The molecular formula is C25H21ClF3NO3S. The first kappa shape index (κ1) is 24.3. The highest BCUT2D eigenvalue weighted by Gasteiger charge is 2.32. The summed E-state index contributed by atoms with van der Waals surface area (Å²) in [5.74, 6) is -0.937. The van der Waals surface area contributed by atoms with E-state index >= 15 is 0 Å². The predicted molar refractivity (Wildman–Crippen MR) is 125 cm³/mol. The normalized spacial score (nSPS) is 16.4. The second kappa shape index (κ2) is 9.80. The molecule has 0 unspecified atom stereocenters. The Bertz CT molecular complexity index is 1210. The molecule has 1 aliphatic rings. The van der Waals surface area contributed by atoms with Gasteiger partial charge in [-0.3, -0.25) is 4.79 Å². The van der Waals surface area contributed by atoms with Gasteiger partial charge in [0, 0.05) is 10.4 Å². The van der Waals surface area contributed by atoms with E-state index in [2.05, 4.69) is 12.2 Å². The number of carbonyl (C=O) groups is 2. The van der Waals surface area contributed by atoms with Gasteiger partial charge in [0.1, 0.15) is 4.88 Å². The van der Waals surface area contributed by atoms with E-state index in [-0.39, 0.29) is 10.7 Å². The Balaban J connectivity index is 1.59. The first-order chi connectivity index (χ1) is 16.1. The Morgan fingerprint density at radius 2 is 1.88 bits per heavy atom. The number of amides is 1. The second-order valence-electron chi connectivity index (χ2n) is 8.28. The molecular weight excluding hydrogens is 487 g/mol. The average Bonchev–Trinajstić information content (AvgIpc) is 3.22. The molecule has 9 heteroatoms. The lowest BCUT2D eigenvalue weighted by atomic mass is 9.90. The van der Waals surface area contributed by atoms with Crippen molar-refractivity contribution in [2.24, 2.45) is 5.92 Å². The van der Waals surface area contributed by atoms with Crippen molar-refractivity contribution in [3.63, 3.8) is 0 Å². The lowest BCUT2D eigenvalue weighted by Gasteiger charge is -2.19. The fraction of sp³-hybridized carbons (Fsp3) is 0.280. The highest BCUT2D eigenvalue weighted by atomic mass is 35.5. The molecule has 0 fully saturated rings. The summed E-state index contributed by atoms with van der Waals surface area (Å²) < 4.78 is 44.9. The van der Waals surface area contributed by atoms with Crippen LogP contribution < -0.4 is 5.32 Å². The van der Waals surface area contributed by atoms with E-state index in [9.17, 15) is 22.8 Å². The van der Waals surface area contributed by atoms with E-state index < -0.39 is 29.7 Å². The zero-order valence-corrected chi connectivity index (χ0v) is 19.7. The summed E-state index contributed by atoms with van der Waals surface area (Å²) in [5, 5.41) is 2.32. The Hall–Kier alpha value is -2.84. The number of ether oxygens (including phenoxy) is 1. The van der Waals surface area contributed by atoms with Crippen LogP contribution in [-0.4, -0.2) is 11.9 Å². The third-order valence-corrected chi connectivity index (χ3v) is 7.19. The van der Waals surface area contributed by atoms with Crippen LogP contribution in [-0.2, 0) is 28.5 Å². The predicted octanol–water partition coefficient (Wildman–Crippen LogP) is 7.08. The number of nitrogens with one attached hydrogen (secondary N) is 1. The number of fused-ring (bicyclic) bond motifs is 1. The van der Waals surface area contributed by atoms with E-state index in [0.717, 1.165) is 47.9 Å². The number of hydrogen-bond acceptors (Lipinski definition) is 4. The van der Waals surface area contributed by atoms with Gasteiger partial charge in [0.2, 0.25) is 6.10 Å². The van der Waals surface area contributed by atoms with Crippen LogP contribution in [0.4, 0.5) is 18.9 Å². The van der Waals surface area contributed by atoms with Crippen LogP contribution in [0.5, 0.6) is 0 Å². The molecule has 2 atom stereocenters. The average molecular weight is 508 g/mol. The fourth-order valence-electron chi connectivity index (χ4n) is 3.87. The first-order valence-electron chi connectivity index (χ1n) is 10.7. The van der Waals surface area contributed by atoms with Crippen molar-refractivity contribution in [3.8, 4) is 0 Å². The van der Waals surface area contributed by atoms with Crippen molar-refractivity contribution in [2.45, 2.75) is 38.5 Å². The number of esters is 1. The smallest absolute Gasteiger partial charge is 0.416 e. The molecule has 1 aromatic heterocycles. The van der Waals surface area contributed by atoms with Gasteiger partial charge in [-0.25, -0.2) is 4.79 Å². The fourth-order valence-corrected chi connectivity index (χ4v) is 5.12. The summed E-state index contributed by atoms with van der Waals surface area (Å²) in [4.78, 5) is 27.6. The molecule has 2 aromatic carbocycles. The molecule has 3 aromatic rings. The minimum atomic E-state index is -4.61. The van der Waals surface area contributed by atoms with E-state index in [4.69, 9.17) is 16.3 Å². The molecule has 0 aliphatic heterocycles. The summed E-state index contributed by atoms with van der Waals surface area (Å²) in [6.45, 7) is 2.16. The molecule has 1 amide bonds. The molecule has 178 valence electrons. The van der Waals surface area contributed by atoms with Crippen molar-refractivity contribution in [1.29, 1.82) is 0 Å². The number of thiophene rings is 1. The maximum absolute atomic E-state index is 13.1. The van der Waals surface area contributed by atoms with Crippen LogP contribution in [0.1, 0.15) is 50.7 Å². The van der Waals surface area contributed by atoms with Crippen LogP contribution in [0.3, 0.4) is 0 Å². The van der Waals surface area contributed by atoms with Crippen molar-refractivity contribution >= 4 is 40.5 Å². The van der Waals surface area contributed by atoms with Crippen LogP contribution in [0, 0.1) is 5.92 Å². The number of hydrogen-bond donors (Lipinski definition) is 1. The molecule has 4 rings (SSSR count). The molecule has 0 saturated heterocycles. The number of aryl methyl sites for hydroxylation is 1. The zero-order chi connectivity index (χ0) is 24.5. The minimum Gasteiger partial charge on any atom is -0.443 e. The monoisotopic (exact) mass is 507 g/mol. The number of benzene rings is 2. The Morgan fingerprint density at radius 1 is 1.15 bits per heavy atom. The van der Waals surface area contributed by atoms with Gasteiger partial charge in [-0.05, 0) is 55.0 Å². The van der Waals surface area contributed by atoms with Gasteiger partial charge in [-0.1, -0.05) is 48.9 Å². The largest absolute Gasteiger partial charge is 0.443 e. The molecule has 1 N–H and O–H groups in total. The minimum absolute atomic E-state index is 0.0699. The zero-order valence-electron chi connectivity index (χ0n) is 18.1. The number of anilines is 1. The third-order valence-electron chi connectivity index (χ3n) is 5.65. The van der Waals surface area contributed by atoms with Crippen molar-refractivity contribution in [2.75, 3.05) is 5.32 Å². The lowest BCUT2D eigenvalue weighted by Crippen LogP contribution is -2.26. The third kappa shape index (κ3) is 5.45. The highest BCUT2D eigenvalue weighted by molar-refractivity contribution is 7.14. The number of halogens is 4. The van der Waals surface area contributed by atoms with Gasteiger partial charge in [0.05, 0.1) is 16.3 Å². The number of rotatable bonds is 5. The van der Waals surface area contributed by atoms with E-state index in [1.165, 1.54) is 11.3 Å². The molecule has 0 spiro atoms. The lowest BCUT2D eigenvalue weighted by molar-refractivity contribution is -0.137. The quantitative estimate of drug-likeness (QED) is 0.375. The van der Waals surface area contributed by atoms with Crippen LogP contribution in [0.25, 0.3) is 0 Å². The van der Waals surface area contributed by atoms with E-state index in [1.54, 1.807) is 30.3 Å². The van der Waals surface area contributed by atoms with Gasteiger partial charge in [0.15, 0.2) is 0 Å². The van der Waals surface area contributed by atoms with Gasteiger partial charge in [-0.15, -0.1) is 11.3 Å². The van der Waals surface area contributed by atoms with Crippen LogP contribution >= 0.6 is 22.9 Å². The summed E-state index contributed by atoms with van der Waals surface area (Å²) in [6, 6.07) is 12.7. The van der Waals surface area contributed by atoms with Crippen LogP contribution in [0.2, 0.25) is 5.02 Å². The second-order valence-corrected chi connectivity index (χ2v) is 9.83. The van der Waals surface area contributed by atoms with Crippen molar-refractivity contribution in [1.82, 2.24) is 0 Å². The summed E-state index contributed by atoms with van der Waals surface area (Å²) in [7, 11) is 0. The maximum Gasteiger partial charge on any atom is 0.416 e. The summed E-state index contributed by atoms with van der Waals surface area (Å²) in [6.07, 6.45) is -3.15. The summed E-state index contributed by atoms with van der Waals surface area (Å²) >= 11 is 7.38. The molecule has 34 heavy (non-hydrogen) atoms. The van der Waals surface area contributed by atoms with E-state index in [1.807, 2.05) is 6.07 Å². The van der Waals surface area contributed by atoms with Crippen molar-refractivity contribution < 1.29 is 27.5 Å². The van der Waals surface area contributed by atoms with Crippen LogP contribution in [0.15, 0.2) is 54.6 Å². The van der Waals surface area contributed by atoms with Crippen molar-refractivity contribution in [3.05, 3.63) is 86.1 Å². The van der Waals surface area contributed by atoms with Gasteiger partial charge in [-0.2, -0.15) is 13.2 Å². The molecule has 1 aliphatic carbocycles. The Kier molecular flexibility index (Phi) is 7.00. The SMILES string of the molecule is C[C@H]1CCc2sc(C(=O)O[C@H](C(=O)Nc3cc(C(F)(F)F)ccc3Cl)c3ccccc3)cc2C1. The van der Waals surface area contributed by atoms with Gasteiger partial charge >= 0.3 is 12.1 Å². The summed E-state index contributed by atoms with van der Waals surface area (Å²) in [5.41, 5.74) is 0.316. The molecule has 1 heterocycles. The molecule has 4 nitrogen and oxygen atoms in total. The van der Waals surface area contributed by atoms with Gasteiger partial charge < -0.3 is 10.1 Å². The molecule has 0 saturated carbocycles. The topological polar surface area (TPSA) is 55.4 Å².